The highest BCUT2D eigenvalue weighted by molar-refractivity contribution is 9.10. The molecule has 1 nitrogen and oxygen atoms in total. The highest BCUT2D eigenvalue weighted by Gasteiger charge is 2.38. The molecule has 1 aromatic carbocycles. The van der Waals surface area contributed by atoms with Gasteiger partial charge in [0.1, 0.15) is 0 Å². The lowest BCUT2D eigenvalue weighted by Gasteiger charge is -2.36. The van der Waals surface area contributed by atoms with Crippen molar-refractivity contribution in [3.63, 3.8) is 0 Å². The standard InChI is InChI=1S/C16H21BrF3N/c1-2-10-5-3-4-6-12(10)15(21)13-8-7-11(17)9-14(13)16(18,19)20/h7-10,12,15H,2-6,21H2,1H3. The van der Waals surface area contributed by atoms with Crippen molar-refractivity contribution in [2.24, 2.45) is 17.6 Å². The summed E-state index contributed by atoms with van der Waals surface area (Å²) < 4.78 is 40.2. The summed E-state index contributed by atoms with van der Waals surface area (Å²) in [5.41, 5.74) is 5.89. The maximum atomic E-state index is 13.3. The Morgan fingerprint density at radius 1 is 1.29 bits per heavy atom. The van der Waals surface area contributed by atoms with E-state index in [1.165, 1.54) is 6.07 Å². The number of benzene rings is 1. The monoisotopic (exact) mass is 363 g/mol. The van der Waals surface area contributed by atoms with Gasteiger partial charge in [-0.25, -0.2) is 0 Å². The van der Waals surface area contributed by atoms with Crippen molar-refractivity contribution in [1.29, 1.82) is 0 Å². The van der Waals surface area contributed by atoms with Crippen molar-refractivity contribution in [3.8, 4) is 0 Å². The van der Waals surface area contributed by atoms with Crippen LogP contribution >= 0.6 is 15.9 Å². The summed E-state index contributed by atoms with van der Waals surface area (Å²) >= 11 is 3.12. The summed E-state index contributed by atoms with van der Waals surface area (Å²) in [6.07, 6.45) is 0.837. The van der Waals surface area contributed by atoms with Crippen LogP contribution in [0, 0.1) is 11.8 Å². The molecule has 3 unspecified atom stereocenters. The van der Waals surface area contributed by atoms with E-state index in [4.69, 9.17) is 5.73 Å². The van der Waals surface area contributed by atoms with Crippen molar-refractivity contribution >= 4 is 15.9 Å². The quantitative estimate of drug-likeness (QED) is 0.733. The Morgan fingerprint density at radius 3 is 2.57 bits per heavy atom. The third-order valence-corrected chi connectivity index (χ3v) is 5.13. The molecule has 118 valence electrons. The lowest BCUT2D eigenvalue weighted by atomic mass is 9.72. The molecule has 21 heavy (non-hydrogen) atoms. The van der Waals surface area contributed by atoms with Crippen LogP contribution in [-0.2, 0) is 6.18 Å². The van der Waals surface area contributed by atoms with Gasteiger partial charge in [0, 0.05) is 10.5 Å². The fraction of sp³-hybridized carbons (Fsp3) is 0.625. The first-order chi connectivity index (χ1) is 9.84. The summed E-state index contributed by atoms with van der Waals surface area (Å²) in [6, 6.07) is 3.77. The largest absolute Gasteiger partial charge is 0.416 e. The highest BCUT2D eigenvalue weighted by Crippen LogP contribution is 2.43. The fourth-order valence-corrected chi connectivity index (χ4v) is 3.87. The van der Waals surface area contributed by atoms with Crippen LogP contribution in [-0.4, -0.2) is 0 Å². The lowest BCUT2D eigenvalue weighted by Crippen LogP contribution is -2.32. The van der Waals surface area contributed by atoms with Gasteiger partial charge in [0.05, 0.1) is 5.56 Å². The number of rotatable bonds is 3. The zero-order valence-electron chi connectivity index (χ0n) is 12.1. The molecule has 1 aromatic rings. The van der Waals surface area contributed by atoms with E-state index in [0.717, 1.165) is 38.2 Å². The molecule has 3 atom stereocenters. The van der Waals surface area contributed by atoms with Crippen molar-refractivity contribution in [3.05, 3.63) is 33.8 Å². The van der Waals surface area contributed by atoms with Crippen LogP contribution in [0.5, 0.6) is 0 Å². The van der Waals surface area contributed by atoms with E-state index in [1.54, 1.807) is 6.07 Å². The molecule has 0 heterocycles. The lowest BCUT2D eigenvalue weighted by molar-refractivity contribution is -0.138. The SMILES string of the molecule is CCC1CCCCC1C(N)c1ccc(Br)cc1C(F)(F)F. The van der Waals surface area contributed by atoms with E-state index in [2.05, 4.69) is 22.9 Å². The Bertz CT molecular complexity index is 487. The molecule has 0 amide bonds. The minimum absolute atomic E-state index is 0.144. The Balaban J connectivity index is 2.36. The van der Waals surface area contributed by atoms with Crippen LogP contribution in [0.1, 0.15) is 56.2 Å². The van der Waals surface area contributed by atoms with Gasteiger partial charge in [-0.1, -0.05) is 54.6 Å². The second-order valence-corrected chi connectivity index (χ2v) is 6.79. The maximum absolute atomic E-state index is 13.3. The second kappa shape index (κ2) is 6.69. The molecule has 0 bridgehead atoms. The molecule has 1 aliphatic carbocycles. The summed E-state index contributed by atoms with van der Waals surface area (Å²) in [7, 11) is 0. The minimum Gasteiger partial charge on any atom is -0.324 e. The average Bonchev–Trinajstić information content (AvgIpc) is 2.45. The highest BCUT2D eigenvalue weighted by atomic mass is 79.9. The Morgan fingerprint density at radius 2 is 1.95 bits per heavy atom. The zero-order chi connectivity index (χ0) is 15.6. The second-order valence-electron chi connectivity index (χ2n) is 5.87. The van der Waals surface area contributed by atoms with Crippen LogP contribution in [0.3, 0.4) is 0 Å². The molecule has 1 saturated carbocycles. The Hall–Kier alpha value is -0.550. The van der Waals surface area contributed by atoms with Crippen molar-refractivity contribution in [1.82, 2.24) is 0 Å². The Labute approximate surface area is 132 Å². The first kappa shape index (κ1) is 16.8. The van der Waals surface area contributed by atoms with E-state index in [0.29, 0.717) is 10.4 Å². The molecule has 2 rings (SSSR count). The van der Waals surface area contributed by atoms with Gasteiger partial charge in [-0.2, -0.15) is 13.2 Å². The predicted molar refractivity (Wildman–Crippen MR) is 81.8 cm³/mol. The van der Waals surface area contributed by atoms with Crippen molar-refractivity contribution < 1.29 is 13.2 Å². The topological polar surface area (TPSA) is 26.0 Å². The number of alkyl halides is 3. The average molecular weight is 364 g/mol. The summed E-state index contributed by atoms with van der Waals surface area (Å²) in [5, 5.41) is 0. The number of nitrogens with two attached hydrogens (primary N) is 1. The zero-order valence-corrected chi connectivity index (χ0v) is 13.7. The molecule has 1 aliphatic rings. The fourth-order valence-electron chi connectivity index (χ4n) is 3.51. The van der Waals surface area contributed by atoms with E-state index < -0.39 is 17.8 Å². The van der Waals surface area contributed by atoms with Gasteiger partial charge in [-0.05, 0) is 36.0 Å². The van der Waals surface area contributed by atoms with Gasteiger partial charge >= 0.3 is 6.18 Å². The van der Waals surface area contributed by atoms with Gasteiger partial charge in [-0.3, -0.25) is 0 Å². The number of halogens is 4. The molecule has 1 fully saturated rings. The summed E-state index contributed by atoms with van der Waals surface area (Å²) in [6.45, 7) is 2.10. The molecule has 0 radical (unpaired) electrons. The molecule has 0 aromatic heterocycles. The Kier molecular flexibility index (Phi) is 5.36. The van der Waals surface area contributed by atoms with E-state index >= 15 is 0 Å². The van der Waals surface area contributed by atoms with Gasteiger partial charge < -0.3 is 5.73 Å². The molecule has 0 saturated heterocycles. The van der Waals surface area contributed by atoms with Gasteiger partial charge in [0.15, 0.2) is 0 Å². The number of hydrogen-bond donors (Lipinski definition) is 1. The van der Waals surface area contributed by atoms with Gasteiger partial charge in [0.25, 0.3) is 0 Å². The van der Waals surface area contributed by atoms with Crippen LogP contribution in [0.25, 0.3) is 0 Å². The normalized spacial score (nSPS) is 24.9. The molecule has 5 heteroatoms. The summed E-state index contributed by atoms with van der Waals surface area (Å²) in [4.78, 5) is 0. The molecular weight excluding hydrogens is 343 g/mol. The minimum atomic E-state index is -4.37. The number of hydrogen-bond acceptors (Lipinski definition) is 1. The van der Waals surface area contributed by atoms with Crippen LogP contribution in [0.15, 0.2) is 22.7 Å². The van der Waals surface area contributed by atoms with E-state index in [-0.39, 0.29) is 11.5 Å². The molecule has 0 spiro atoms. The van der Waals surface area contributed by atoms with Crippen LogP contribution in [0.4, 0.5) is 13.2 Å². The van der Waals surface area contributed by atoms with Gasteiger partial charge in [0.2, 0.25) is 0 Å². The van der Waals surface area contributed by atoms with Crippen LogP contribution < -0.4 is 5.73 Å². The van der Waals surface area contributed by atoms with Crippen molar-refractivity contribution in [2.45, 2.75) is 51.2 Å². The third kappa shape index (κ3) is 3.81. The molecular formula is C16H21BrF3N. The van der Waals surface area contributed by atoms with E-state index in [1.807, 2.05) is 0 Å². The summed E-state index contributed by atoms with van der Waals surface area (Å²) in [5.74, 6) is 0.574. The van der Waals surface area contributed by atoms with E-state index in [9.17, 15) is 13.2 Å². The molecule has 2 N–H and O–H groups in total. The first-order valence-electron chi connectivity index (χ1n) is 7.46. The predicted octanol–water partition coefficient (Wildman–Crippen LogP) is 5.68. The smallest absolute Gasteiger partial charge is 0.324 e. The van der Waals surface area contributed by atoms with Crippen molar-refractivity contribution in [2.75, 3.05) is 0 Å². The third-order valence-electron chi connectivity index (χ3n) is 4.63. The maximum Gasteiger partial charge on any atom is 0.416 e. The van der Waals surface area contributed by atoms with Crippen LogP contribution in [0.2, 0.25) is 0 Å². The first-order valence-corrected chi connectivity index (χ1v) is 8.26. The molecule has 0 aliphatic heterocycles. The van der Waals surface area contributed by atoms with Gasteiger partial charge in [-0.15, -0.1) is 0 Å².